The van der Waals surface area contributed by atoms with E-state index < -0.39 is 34.7 Å². The third kappa shape index (κ3) is 4.50. The minimum atomic E-state index is -1.66. The summed E-state index contributed by atoms with van der Waals surface area (Å²) in [4.78, 5) is 39.6. The van der Waals surface area contributed by atoms with Gasteiger partial charge in [0.25, 0.3) is 0 Å². The van der Waals surface area contributed by atoms with Gasteiger partial charge < -0.3 is 14.1 Å². The molecule has 1 fully saturated rings. The molecule has 8 nitrogen and oxygen atoms in total. The van der Waals surface area contributed by atoms with Gasteiger partial charge in [0.1, 0.15) is 5.76 Å². The molecule has 1 saturated heterocycles. The number of carbonyl (C=O) groups is 2. The Morgan fingerprint density at radius 1 is 1.48 bits per heavy atom. The Morgan fingerprint density at radius 2 is 2.29 bits per heavy atom. The number of nitro groups is 1. The van der Waals surface area contributed by atoms with Gasteiger partial charge in [-0.2, -0.15) is 0 Å². The summed E-state index contributed by atoms with van der Waals surface area (Å²) < 4.78 is 10.7. The van der Waals surface area contributed by atoms with Crippen LogP contribution in [0.3, 0.4) is 0 Å². The van der Waals surface area contributed by atoms with Gasteiger partial charge in [-0.15, -0.1) is 11.8 Å². The summed E-state index contributed by atoms with van der Waals surface area (Å²) in [5, 5.41) is 11.6. The van der Waals surface area contributed by atoms with Crippen LogP contribution in [-0.4, -0.2) is 47.9 Å². The van der Waals surface area contributed by atoms with Crippen LogP contribution in [0.2, 0.25) is 0 Å². The van der Waals surface area contributed by atoms with E-state index in [9.17, 15) is 19.7 Å². The van der Waals surface area contributed by atoms with Crippen molar-refractivity contribution in [2.45, 2.75) is 57.4 Å². The minimum Gasteiger partial charge on any atom is -0.469 e. The third-order valence-corrected chi connectivity index (χ3v) is 6.18. The molecule has 0 radical (unpaired) electrons. The smallest absolute Gasteiger partial charge is 0.322 e. The zero-order valence-corrected chi connectivity index (χ0v) is 18.0. The number of hydrogen-bond donors (Lipinski definition) is 0. The van der Waals surface area contributed by atoms with Crippen molar-refractivity contribution in [1.82, 2.24) is 4.90 Å². The zero-order chi connectivity index (χ0) is 22.4. The van der Waals surface area contributed by atoms with Gasteiger partial charge in [0.05, 0.1) is 25.3 Å². The SMILES string of the molecule is CC#CCCc1cc([C@H](C[N+](=O)[O-])[C@@]2(C(=O)OC)C[C@@H]3/C=C\CCCCN3C2=O)co1. The minimum absolute atomic E-state index is 0.148. The first-order valence-corrected chi connectivity index (χ1v) is 10.6. The van der Waals surface area contributed by atoms with Crippen molar-refractivity contribution >= 4 is 11.9 Å². The Morgan fingerprint density at radius 3 is 3.00 bits per heavy atom. The first-order valence-electron chi connectivity index (χ1n) is 10.6. The van der Waals surface area contributed by atoms with E-state index in [1.807, 2.05) is 12.2 Å². The fraction of sp³-hybridized carbons (Fsp3) is 0.565. The average Bonchev–Trinajstić information content (AvgIpc) is 3.29. The van der Waals surface area contributed by atoms with Gasteiger partial charge in [0.2, 0.25) is 12.5 Å². The monoisotopic (exact) mass is 428 g/mol. The molecule has 0 bridgehead atoms. The summed E-state index contributed by atoms with van der Waals surface area (Å²) in [5.74, 6) is 4.26. The van der Waals surface area contributed by atoms with E-state index in [0.717, 1.165) is 19.3 Å². The number of furan rings is 1. The Kier molecular flexibility index (Phi) is 7.16. The number of nitrogens with zero attached hydrogens (tertiary/aromatic N) is 2. The average molecular weight is 428 g/mol. The number of hydrogen-bond acceptors (Lipinski definition) is 6. The predicted octanol–water partition coefficient (Wildman–Crippen LogP) is 3.10. The third-order valence-electron chi connectivity index (χ3n) is 6.18. The van der Waals surface area contributed by atoms with Gasteiger partial charge in [-0.3, -0.25) is 19.7 Å². The molecule has 0 N–H and O–H groups in total. The van der Waals surface area contributed by atoms with Gasteiger partial charge in [-0.1, -0.05) is 12.2 Å². The first-order chi connectivity index (χ1) is 14.9. The van der Waals surface area contributed by atoms with Gasteiger partial charge in [0, 0.05) is 29.9 Å². The second kappa shape index (κ2) is 9.82. The molecule has 31 heavy (non-hydrogen) atoms. The van der Waals surface area contributed by atoms with Gasteiger partial charge in [-0.05, 0) is 38.7 Å². The van der Waals surface area contributed by atoms with Crippen molar-refractivity contribution in [3.8, 4) is 11.8 Å². The van der Waals surface area contributed by atoms with Gasteiger partial charge >= 0.3 is 5.97 Å². The van der Waals surface area contributed by atoms with Crippen LogP contribution >= 0.6 is 0 Å². The van der Waals surface area contributed by atoms with E-state index in [4.69, 9.17) is 9.15 Å². The van der Waals surface area contributed by atoms with E-state index in [0.29, 0.717) is 30.7 Å². The number of rotatable bonds is 7. The Bertz CT molecular complexity index is 924. The maximum atomic E-state index is 13.7. The van der Waals surface area contributed by atoms with Crippen molar-refractivity contribution in [3.05, 3.63) is 45.9 Å². The molecule has 3 atom stereocenters. The number of ether oxygens (including phenoxy) is 1. The highest BCUT2D eigenvalue weighted by molar-refractivity contribution is 6.05. The van der Waals surface area contributed by atoms with E-state index in [1.54, 1.807) is 17.9 Å². The number of carbonyl (C=O) groups excluding carboxylic acids is 2. The highest BCUT2D eigenvalue weighted by atomic mass is 16.6. The summed E-state index contributed by atoms with van der Waals surface area (Å²) in [6, 6.07) is 1.42. The van der Waals surface area contributed by atoms with Crippen molar-refractivity contribution < 1.29 is 23.7 Å². The van der Waals surface area contributed by atoms with E-state index in [1.165, 1.54) is 13.4 Å². The Balaban J connectivity index is 2.04. The molecule has 1 aromatic rings. The summed E-state index contributed by atoms with van der Waals surface area (Å²) >= 11 is 0. The molecule has 3 heterocycles. The molecule has 2 aliphatic heterocycles. The highest BCUT2D eigenvalue weighted by Crippen LogP contribution is 2.49. The van der Waals surface area contributed by atoms with Crippen molar-refractivity contribution in [2.24, 2.45) is 5.41 Å². The second-order valence-corrected chi connectivity index (χ2v) is 8.00. The fourth-order valence-electron chi connectivity index (χ4n) is 4.67. The molecule has 1 amide bonds. The molecule has 3 rings (SSSR count). The fourth-order valence-corrected chi connectivity index (χ4v) is 4.67. The largest absolute Gasteiger partial charge is 0.469 e. The molecule has 0 saturated carbocycles. The van der Waals surface area contributed by atoms with Crippen LogP contribution < -0.4 is 0 Å². The van der Waals surface area contributed by atoms with Crippen molar-refractivity contribution in [1.29, 1.82) is 0 Å². The van der Waals surface area contributed by atoms with Crippen molar-refractivity contribution in [2.75, 3.05) is 20.2 Å². The topological polar surface area (TPSA) is 103 Å². The summed E-state index contributed by atoms with van der Waals surface area (Å²) in [6.45, 7) is 1.70. The summed E-state index contributed by atoms with van der Waals surface area (Å²) in [6.07, 6.45) is 9.34. The van der Waals surface area contributed by atoms with Crippen LogP contribution in [0.1, 0.15) is 56.3 Å². The predicted molar refractivity (Wildman–Crippen MR) is 113 cm³/mol. The lowest BCUT2D eigenvalue weighted by atomic mass is 9.70. The Hall–Kier alpha value is -3.08. The Labute approximate surface area is 181 Å². The lowest BCUT2D eigenvalue weighted by molar-refractivity contribution is -0.485. The number of allylic oxidation sites excluding steroid dienone is 1. The van der Waals surface area contributed by atoms with Crippen LogP contribution in [0.4, 0.5) is 0 Å². The molecular weight excluding hydrogens is 400 g/mol. The van der Waals surface area contributed by atoms with Crippen LogP contribution in [-0.2, 0) is 20.7 Å². The molecule has 166 valence electrons. The summed E-state index contributed by atoms with van der Waals surface area (Å²) in [7, 11) is 1.22. The van der Waals surface area contributed by atoms with E-state index in [2.05, 4.69) is 11.8 Å². The molecule has 0 aromatic carbocycles. The summed E-state index contributed by atoms with van der Waals surface area (Å²) in [5.41, 5.74) is -1.19. The highest BCUT2D eigenvalue weighted by Gasteiger charge is 2.63. The molecule has 8 heteroatoms. The number of fused-ring (bicyclic) bond motifs is 1. The number of amides is 1. The number of esters is 1. The van der Waals surface area contributed by atoms with E-state index in [-0.39, 0.29) is 12.5 Å². The van der Waals surface area contributed by atoms with E-state index >= 15 is 0 Å². The van der Waals surface area contributed by atoms with Crippen LogP contribution in [0.5, 0.6) is 0 Å². The lowest BCUT2D eigenvalue weighted by Crippen LogP contribution is -2.47. The zero-order valence-electron chi connectivity index (χ0n) is 18.0. The normalized spacial score (nSPS) is 24.9. The molecule has 0 aliphatic carbocycles. The maximum Gasteiger partial charge on any atom is 0.322 e. The molecule has 2 aliphatic rings. The molecular formula is C23H28N2O6. The van der Waals surface area contributed by atoms with Gasteiger partial charge in [0.15, 0.2) is 5.41 Å². The molecule has 0 unspecified atom stereocenters. The van der Waals surface area contributed by atoms with Crippen molar-refractivity contribution in [3.63, 3.8) is 0 Å². The number of aryl methyl sites for hydroxylation is 1. The van der Waals surface area contributed by atoms with Crippen LogP contribution in [0.25, 0.3) is 0 Å². The van der Waals surface area contributed by atoms with Crippen LogP contribution in [0, 0.1) is 27.4 Å². The quantitative estimate of drug-likeness (QED) is 0.165. The first kappa shape index (κ1) is 22.6. The number of methoxy groups -OCH3 is 1. The second-order valence-electron chi connectivity index (χ2n) is 8.00. The standard InChI is InChI=1S/C23H28N2O6/c1-3-4-7-11-19-13-17(16-31-19)20(15-25(28)29)23(22(27)30-2)14-18-10-8-5-6-9-12-24(18)21(23)26/h8,10,13,16,18,20H,5-7,9,11-12,14-15H2,1-2H3/b10-8-/t18-,20-,23-/m0/s1. The maximum absolute atomic E-state index is 13.7. The van der Waals surface area contributed by atoms with Gasteiger partial charge in [-0.25, -0.2) is 0 Å². The lowest BCUT2D eigenvalue weighted by Gasteiger charge is -2.30. The van der Waals surface area contributed by atoms with Crippen LogP contribution in [0.15, 0.2) is 28.9 Å². The molecule has 0 spiro atoms. The molecule has 1 aromatic heterocycles.